The molecule has 8 heteroatoms. The van der Waals surface area contributed by atoms with Crippen LogP contribution in [0.2, 0.25) is 0 Å². The number of hydrogen-bond acceptors (Lipinski definition) is 6. The van der Waals surface area contributed by atoms with E-state index in [-0.39, 0.29) is 18.3 Å². The first-order valence-corrected chi connectivity index (χ1v) is 8.78. The highest BCUT2D eigenvalue weighted by atomic mass is 35.5. The van der Waals surface area contributed by atoms with Gasteiger partial charge in [-0.3, -0.25) is 4.79 Å². The minimum absolute atomic E-state index is 0. The highest BCUT2D eigenvalue weighted by Crippen LogP contribution is 2.28. The third-order valence-corrected chi connectivity index (χ3v) is 4.29. The second kappa shape index (κ2) is 10.9. The van der Waals surface area contributed by atoms with Gasteiger partial charge in [-0.25, -0.2) is 4.98 Å². The molecule has 2 rings (SSSR count). The third kappa shape index (κ3) is 6.19. The van der Waals surface area contributed by atoms with E-state index in [1.54, 1.807) is 12.5 Å². The first-order chi connectivity index (χ1) is 11.7. The number of hydrogen-bond donors (Lipinski definition) is 2. The van der Waals surface area contributed by atoms with Crippen LogP contribution in [0.5, 0.6) is 11.5 Å². The summed E-state index contributed by atoms with van der Waals surface area (Å²) in [4.78, 5) is 16.1. The summed E-state index contributed by atoms with van der Waals surface area (Å²) in [6.07, 6.45) is 1.67. The van der Waals surface area contributed by atoms with Gasteiger partial charge in [0.1, 0.15) is 10.7 Å². The molecular formula is C17H24ClN3O3S. The zero-order chi connectivity index (χ0) is 17.4. The zero-order valence-corrected chi connectivity index (χ0v) is 16.0. The molecule has 0 radical (unpaired) electrons. The van der Waals surface area contributed by atoms with E-state index in [4.69, 9.17) is 15.2 Å². The van der Waals surface area contributed by atoms with Gasteiger partial charge in [-0.05, 0) is 37.5 Å². The molecule has 0 bridgehead atoms. The monoisotopic (exact) mass is 385 g/mol. The number of aryl methyl sites for hydroxylation is 1. The molecule has 0 spiro atoms. The highest BCUT2D eigenvalue weighted by Gasteiger charge is 2.10. The second-order valence-electron chi connectivity index (χ2n) is 5.11. The molecule has 1 heterocycles. The molecule has 0 saturated heterocycles. The Morgan fingerprint density at radius 1 is 1.36 bits per heavy atom. The number of methoxy groups -OCH3 is 1. The number of carbonyl (C=O) groups excluding carboxylic acids is 1. The summed E-state index contributed by atoms with van der Waals surface area (Å²) in [5.41, 5.74) is 7.08. The van der Waals surface area contributed by atoms with E-state index in [1.165, 1.54) is 11.3 Å². The Hall–Kier alpha value is -1.83. The fraction of sp³-hybridized carbons (Fsp3) is 0.412. The number of carbonyl (C=O) groups is 1. The largest absolute Gasteiger partial charge is 0.493 e. The minimum Gasteiger partial charge on any atom is -0.493 e. The van der Waals surface area contributed by atoms with Crippen LogP contribution in [-0.2, 0) is 13.0 Å². The van der Waals surface area contributed by atoms with Crippen LogP contribution in [0.3, 0.4) is 0 Å². The first kappa shape index (κ1) is 21.2. The third-order valence-electron chi connectivity index (χ3n) is 3.41. The number of thiazole rings is 1. The molecule has 3 N–H and O–H groups in total. The predicted molar refractivity (Wildman–Crippen MR) is 102 cm³/mol. The van der Waals surface area contributed by atoms with Gasteiger partial charge in [0.05, 0.1) is 13.7 Å². The smallest absolute Gasteiger partial charge is 0.270 e. The summed E-state index contributed by atoms with van der Waals surface area (Å²) in [5, 5.41) is 5.37. The number of nitrogens with two attached hydrogens (primary N) is 1. The van der Waals surface area contributed by atoms with Crippen molar-refractivity contribution >= 4 is 29.7 Å². The van der Waals surface area contributed by atoms with Crippen molar-refractivity contribution < 1.29 is 14.3 Å². The van der Waals surface area contributed by atoms with Gasteiger partial charge < -0.3 is 20.5 Å². The van der Waals surface area contributed by atoms with Crippen molar-refractivity contribution in [3.8, 4) is 11.5 Å². The Bertz CT molecular complexity index is 679. The number of aromatic nitrogens is 1. The lowest BCUT2D eigenvalue weighted by atomic mass is 10.1. The molecule has 0 aliphatic rings. The van der Waals surface area contributed by atoms with Crippen molar-refractivity contribution in [3.63, 3.8) is 0 Å². The second-order valence-corrected chi connectivity index (χ2v) is 6.05. The molecule has 6 nitrogen and oxygen atoms in total. The van der Waals surface area contributed by atoms with Crippen LogP contribution < -0.4 is 20.5 Å². The van der Waals surface area contributed by atoms with Crippen LogP contribution in [0.15, 0.2) is 23.6 Å². The zero-order valence-electron chi connectivity index (χ0n) is 14.4. The van der Waals surface area contributed by atoms with Crippen molar-refractivity contribution in [3.05, 3.63) is 39.8 Å². The molecule has 1 aromatic carbocycles. The standard InChI is InChI=1S/C17H23N3O3S.ClH/c1-3-23-15-9-12(6-7-14(15)22-2)5-4-8-19-17(21)13-11-24-16(10-18)20-13;/h6-7,9,11H,3-5,8,10,18H2,1-2H3,(H,19,21);1H. The normalized spacial score (nSPS) is 10.0. The van der Waals surface area contributed by atoms with Gasteiger partial charge in [0.25, 0.3) is 5.91 Å². The molecule has 138 valence electrons. The Morgan fingerprint density at radius 2 is 2.16 bits per heavy atom. The van der Waals surface area contributed by atoms with Gasteiger partial charge in [-0.15, -0.1) is 23.7 Å². The number of benzene rings is 1. The van der Waals surface area contributed by atoms with Crippen molar-refractivity contribution in [2.75, 3.05) is 20.3 Å². The van der Waals surface area contributed by atoms with E-state index in [0.717, 1.165) is 34.9 Å². The van der Waals surface area contributed by atoms with Gasteiger partial charge in [0.15, 0.2) is 11.5 Å². The SMILES string of the molecule is CCOc1cc(CCCNC(=O)c2csc(CN)n2)ccc1OC.Cl. The molecule has 0 unspecified atom stereocenters. The minimum atomic E-state index is -0.157. The maximum absolute atomic E-state index is 12.0. The van der Waals surface area contributed by atoms with Crippen LogP contribution in [0, 0.1) is 0 Å². The topological polar surface area (TPSA) is 86.5 Å². The van der Waals surface area contributed by atoms with Crippen molar-refractivity contribution in [2.45, 2.75) is 26.3 Å². The molecule has 0 fully saturated rings. The van der Waals surface area contributed by atoms with Crippen LogP contribution in [0.1, 0.15) is 34.4 Å². The van der Waals surface area contributed by atoms with Gasteiger partial charge in [-0.2, -0.15) is 0 Å². The lowest BCUT2D eigenvalue weighted by molar-refractivity contribution is 0.0948. The number of halogens is 1. The fourth-order valence-corrected chi connectivity index (χ4v) is 2.89. The molecule has 1 amide bonds. The van der Waals surface area contributed by atoms with Gasteiger partial charge in [-0.1, -0.05) is 6.07 Å². The van der Waals surface area contributed by atoms with Crippen molar-refractivity contribution in [1.82, 2.24) is 10.3 Å². The lowest BCUT2D eigenvalue weighted by Gasteiger charge is -2.11. The Balaban J connectivity index is 0.00000312. The lowest BCUT2D eigenvalue weighted by Crippen LogP contribution is -2.25. The molecule has 25 heavy (non-hydrogen) atoms. The van der Waals surface area contributed by atoms with Crippen LogP contribution in [-0.4, -0.2) is 31.2 Å². The Kier molecular flexibility index (Phi) is 9.26. The Labute approximate surface area is 158 Å². The number of nitrogens with one attached hydrogen (secondary N) is 1. The maximum atomic E-state index is 12.0. The van der Waals surface area contributed by atoms with E-state index in [2.05, 4.69) is 10.3 Å². The molecule has 0 aliphatic heterocycles. The van der Waals surface area contributed by atoms with Gasteiger partial charge >= 0.3 is 0 Å². The van der Waals surface area contributed by atoms with E-state index in [9.17, 15) is 4.79 Å². The fourth-order valence-electron chi connectivity index (χ4n) is 2.24. The van der Waals surface area contributed by atoms with Crippen LogP contribution in [0.25, 0.3) is 0 Å². The molecule has 0 aliphatic carbocycles. The molecular weight excluding hydrogens is 362 g/mol. The summed E-state index contributed by atoms with van der Waals surface area (Å²) in [7, 11) is 1.63. The molecule has 0 saturated carbocycles. The van der Waals surface area contributed by atoms with Crippen LogP contribution in [0.4, 0.5) is 0 Å². The number of rotatable bonds is 9. The average molecular weight is 386 g/mol. The maximum Gasteiger partial charge on any atom is 0.270 e. The summed E-state index contributed by atoms with van der Waals surface area (Å²) in [6, 6.07) is 5.90. The predicted octanol–water partition coefficient (Wildman–Crippen LogP) is 2.79. The van der Waals surface area contributed by atoms with Crippen molar-refractivity contribution in [1.29, 1.82) is 0 Å². The highest BCUT2D eigenvalue weighted by molar-refractivity contribution is 7.09. The first-order valence-electron chi connectivity index (χ1n) is 7.90. The number of amides is 1. The van der Waals surface area contributed by atoms with E-state index in [0.29, 0.717) is 25.4 Å². The van der Waals surface area contributed by atoms with E-state index >= 15 is 0 Å². The summed E-state index contributed by atoms with van der Waals surface area (Å²) in [6.45, 7) is 3.48. The number of ether oxygens (including phenoxy) is 2. The molecule has 0 atom stereocenters. The number of nitrogens with zero attached hydrogens (tertiary/aromatic N) is 1. The van der Waals surface area contributed by atoms with E-state index in [1.807, 2.05) is 25.1 Å². The quantitative estimate of drug-likeness (QED) is 0.648. The van der Waals surface area contributed by atoms with Gasteiger partial charge in [0.2, 0.25) is 0 Å². The summed E-state index contributed by atoms with van der Waals surface area (Å²) < 4.78 is 10.8. The summed E-state index contributed by atoms with van der Waals surface area (Å²) in [5.74, 6) is 1.32. The molecule has 1 aromatic heterocycles. The Morgan fingerprint density at radius 3 is 2.80 bits per heavy atom. The molecule has 2 aromatic rings. The average Bonchev–Trinajstić information content (AvgIpc) is 3.08. The van der Waals surface area contributed by atoms with E-state index < -0.39 is 0 Å². The summed E-state index contributed by atoms with van der Waals surface area (Å²) >= 11 is 1.40. The van der Waals surface area contributed by atoms with Gasteiger partial charge in [0, 0.05) is 18.5 Å². The van der Waals surface area contributed by atoms with Crippen LogP contribution >= 0.6 is 23.7 Å². The van der Waals surface area contributed by atoms with Crippen molar-refractivity contribution in [2.24, 2.45) is 5.73 Å².